The van der Waals surface area contributed by atoms with E-state index in [1.807, 2.05) is 47.0 Å². The Morgan fingerprint density at radius 2 is 1.79 bits per heavy atom. The highest BCUT2D eigenvalue weighted by molar-refractivity contribution is 7.99. The lowest BCUT2D eigenvalue weighted by Gasteiger charge is -2.10. The molecule has 7 heteroatoms. The van der Waals surface area contributed by atoms with Gasteiger partial charge in [0.25, 0.3) is 0 Å². The van der Waals surface area contributed by atoms with E-state index in [9.17, 15) is 4.79 Å². The highest BCUT2D eigenvalue weighted by Gasteiger charge is 2.17. The molecule has 0 saturated heterocycles. The largest absolute Gasteiger partial charge is 0.293 e. The number of pyridine rings is 1. The Morgan fingerprint density at radius 1 is 1.00 bits per heavy atom. The first-order valence-corrected chi connectivity index (χ1v) is 9.82. The van der Waals surface area contributed by atoms with Gasteiger partial charge in [0, 0.05) is 29.2 Å². The van der Waals surface area contributed by atoms with Crippen molar-refractivity contribution in [3.05, 3.63) is 90.3 Å². The Morgan fingerprint density at radius 3 is 2.48 bits per heavy atom. The third-order valence-corrected chi connectivity index (χ3v) is 5.16. The molecule has 4 aromatic rings. The number of hydrogen-bond donors (Lipinski definition) is 0. The van der Waals surface area contributed by atoms with E-state index in [1.165, 1.54) is 11.8 Å². The molecule has 0 aliphatic heterocycles. The Hall–Kier alpha value is -3.76. The summed E-state index contributed by atoms with van der Waals surface area (Å²) in [6.45, 7) is 0. The van der Waals surface area contributed by atoms with Crippen LogP contribution in [0.1, 0.15) is 15.9 Å². The van der Waals surface area contributed by atoms with Gasteiger partial charge in [-0.3, -0.25) is 14.3 Å². The highest BCUT2D eigenvalue weighted by Crippen LogP contribution is 2.28. The minimum absolute atomic E-state index is 0.0370. The fraction of sp³-hybridized carbons (Fsp3) is 0.0455. The van der Waals surface area contributed by atoms with Gasteiger partial charge < -0.3 is 0 Å². The fourth-order valence-corrected chi connectivity index (χ4v) is 3.65. The summed E-state index contributed by atoms with van der Waals surface area (Å²) in [7, 11) is 0. The third kappa shape index (κ3) is 4.08. The molecule has 0 bridgehead atoms. The Labute approximate surface area is 171 Å². The zero-order valence-electron chi connectivity index (χ0n) is 15.3. The Balaban J connectivity index is 1.63. The molecule has 4 rings (SSSR count). The average molecular weight is 397 g/mol. The average Bonchev–Trinajstić information content (AvgIpc) is 3.22. The molecule has 0 radical (unpaired) electrons. The van der Waals surface area contributed by atoms with Crippen LogP contribution in [0.2, 0.25) is 0 Å². The van der Waals surface area contributed by atoms with Crippen LogP contribution in [-0.2, 0) is 0 Å². The van der Waals surface area contributed by atoms with E-state index in [2.05, 4.69) is 21.3 Å². The molecule has 6 nitrogen and oxygen atoms in total. The molecule has 2 aromatic carbocycles. The number of benzene rings is 2. The molecule has 0 saturated carbocycles. The molecule has 0 amide bonds. The van der Waals surface area contributed by atoms with Gasteiger partial charge >= 0.3 is 0 Å². The van der Waals surface area contributed by atoms with Gasteiger partial charge in [0.1, 0.15) is 0 Å². The second-order valence-corrected chi connectivity index (χ2v) is 7.06. The van der Waals surface area contributed by atoms with Gasteiger partial charge in [0.15, 0.2) is 16.8 Å². The summed E-state index contributed by atoms with van der Waals surface area (Å²) in [4.78, 5) is 16.7. The first-order chi connectivity index (χ1) is 14.3. The van der Waals surface area contributed by atoms with Crippen molar-refractivity contribution in [3.8, 4) is 23.1 Å². The van der Waals surface area contributed by atoms with Crippen molar-refractivity contribution in [2.24, 2.45) is 0 Å². The van der Waals surface area contributed by atoms with Crippen LogP contribution < -0.4 is 0 Å². The maximum atomic E-state index is 12.6. The van der Waals surface area contributed by atoms with Crippen molar-refractivity contribution in [1.82, 2.24) is 19.7 Å². The molecule has 0 unspecified atom stereocenters. The fourth-order valence-electron chi connectivity index (χ4n) is 2.80. The number of para-hydroxylation sites is 1. The number of Topliss-reactive ketones (excluding diaryl/α,β-unsaturated/α-hetero) is 1. The number of nitriles is 1. The van der Waals surface area contributed by atoms with Crippen LogP contribution in [0.5, 0.6) is 0 Å². The van der Waals surface area contributed by atoms with Gasteiger partial charge in [-0.2, -0.15) is 5.26 Å². The van der Waals surface area contributed by atoms with Gasteiger partial charge in [-0.05, 0) is 36.4 Å². The summed E-state index contributed by atoms with van der Waals surface area (Å²) < 4.78 is 1.92. The van der Waals surface area contributed by atoms with E-state index < -0.39 is 0 Å². The lowest BCUT2D eigenvalue weighted by molar-refractivity contribution is 0.102. The lowest BCUT2D eigenvalue weighted by Crippen LogP contribution is -2.05. The molecular weight excluding hydrogens is 382 g/mol. The van der Waals surface area contributed by atoms with Crippen LogP contribution >= 0.6 is 11.8 Å². The predicted molar refractivity (Wildman–Crippen MR) is 111 cm³/mol. The smallest absolute Gasteiger partial charge is 0.196 e. The van der Waals surface area contributed by atoms with Crippen molar-refractivity contribution < 1.29 is 4.79 Å². The second kappa shape index (κ2) is 8.50. The van der Waals surface area contributed by atoms with E-state index >= 15 is 0 Å². The Bertz CT molecular complexity index is 1170. The number of aromatic nitrogens is 4. The summed E-state index contributed by atoms with van der Waals surface area (Å²) in [5.41, 5.74) is 2.84. The van der Waals surface area contributed by atoms with Crippen molar-refractivity contribution in [2.45, 2.75) is 5.16 Å². The molecule has 0 N–H and O–H groups in total. The number of nitrogens with zero attached hydrogens (tertiary/aromatic N) is 5. The van der Waals surface area contributed by atoms with Gasteiger partial charge in [-0.25, -0.2) is 0 Å². The van der Waals surface area contributed by atoms with Gasteiger partial charge in [-0.1, -0.05) is 42.1 Å². The first kappa shape index (κ1) is 18.6. The molecule has 0 aliphatic rings. The molecule has 2 heterocycles. The van der Waals surface area contributed by atoms with Crippen LogP contribution in [0.4, 0.5) is 0 Å². The standard InChI is InChI=1S/C22H15N5OS/c23-13-16-8-10-17(11-9-16)20(28)15-29-22-26-25-21(18-5-4-12-24-14-18)27(22)19-6-2-1-3-7-19/h1-12,14H,15H2. The third-order valence-electron chi connectivity index (χ3n) is 4.24. The maximum absolute atomic E-state index is 12.6. The van der Waals surface area contributed by atoms with E-state index in [4.69, 9.17) is 5.26 Å². The summed E-state index contributed by atoms with van der Waals surface area (Å²) in [6.07, 6.45) is 3.44. The minimum Gasteiger partial charge on any atom is -0.293 e. The zero-order valence-corrected chi connectivity index (χ0v) is 16.1. The second-order valence-electron chi connectivity index (χ2n) is 6.12. The van der Waals surface area contributed by atoms with E-state index in [1.54, 1.807) is 36.7 Å². The number of rotatable bonds is 6. The molecule has 0 spiro atoms. The monoisotopic (exact) mass is 397 g/mol. The molecule has 2 aromatic heterocycles. The number of carbonyl (C=O) groups excluding carboxylic acids is 1. The summed E-state index contributed by atoms with van der Waals surface area (Å²) in [5.74, 6) is 0.840. The van der Waals surface area contributed by atoms with Gasteiger partial charge in [0.05, 0.1) is 17.4 Å². The molecular formula is C22H15N5OS. The molecule has 0 aliphatic carbocycles. The number of ketones is 1. The van der Waals surface area contributed by atoms with Crippen molar-refractivity contribution in [1.29, 1.82) is 5.26 Å². The Kier molecular flexibility index (Phi) is 5.45. The van der Waals surface area contributed by atoms with Crippen LogP contribution in [0.3, 0.4) is 0 Å². The summed E-state index contributed by atoms with van der Waals surface area (Å²) >= 11 is 1.32. The highest BCUT2D eigenvalue weighted by atomic mass is 32.2. The van der Waals surface area contributed by atoms with Crippen LogP contribution in [0, 0.1) is 11.3 Å². The van der Waals surface area contributed by atoms with E-state index in [-0.39, 0.29) is 11.5 Å². The summed E-state index contributed by atoms with van der Waals surface area (Å²) in [6, 6.07) is 22.2. The molecule has 0 fully saturated rings. The number of carbonyl (C=O) groups is 1. The van der Waals surface area contributed by atoms with Crippen LogP contribution in [-0.4, -0.2) is 31.3 Å². The van der Waals surface area contributed by atoms with Crippen LogP contribution in [0.25, 0.3) is 17.1 Å². The topological polar surface area (TPSA) is 84.5 Å². The zero-order chi connectivity index (χ0) is 20.1. The van der Waals surface area contributed by atoms with Crippen LogP contribution in [0.15, 0.2) is 84.3 Å². The van der Waals surface area contributed by atoms with Gasteiger partial charge in [-0.15, -0.1) is 10.2 Å². The first-order valence-electron chi connectivity index (χ1n) is 8.83. The summed E-state index contributed by atoms with van der Waals surface area (Å²) in [5, 5.41) is 18.2. The van der Waals surface area contributed by atoms with E-state index in [0.29, 0.717) is 22.1 Å². The predicted octanol–water partition coefficient (Wildman–Crippen LogP) is 4.18. The lowest BCUT2D eigenvalue weighted by atomic mass is 10.1. The maximum Gasteiger partial charge on any atom is 0.196 e. The van der Waals surface area contributed by atoms with Crippen molar-refractivity contribution in [2.75, 3.05) is 5.75 Å². The SMILES string of the molecule is N#Cc1ccc(C(=O)CSc2nnc(-c3cccnc3)n2-c2ccccc2)cc1. The van der Waals surface area contributed by atoms with E-state index in [0.717, 1.165) is 11.3 Å². The normalized spacial score (nSPS) is 10.4. The minimum atomic E-state index is -0.0370. The van der Waals surface area contributed by atoms with Crippen molar-refractivity contribution >= 4 is 17.5 Å². The number of thioether (sulfide) groups is 1. The molecule has 140 valence electrons. The van der Waals surface area contributed by atoms with Crippen molar-refractivity contribution in [3.63, 3.8) is 0 Å². The number of hydrogen-bond acceptors (Lipinski definition) is 6. The molecule has 0 atom stereocenters. The quantitative estimate of drug-likeness (QED) is 0.358. The van der Waals surface area contributed by atoms with Gasteiger partial charge in [0.2, 0.25) is 0 Å². The molecule has 29 heavy (non-hydrogen) atoms.